The molecule has 0 fully saturated rings. The third-order valence-electron chi connectivity index (χ3n) is 3.07. The molecule has 4 nitrogen and oxygen atoms in total. The van der Waals surface area contributed by atoms with Crippen LogP contribution in [0.5, 0.6) is 0 Å². The number of nitrogens with zero attached hydrogens (tertiary/aromatic N) is 3. The Morgan fingerprint density at radius 2 is 2.18 bits per heavy atom. The second-order valence-electron chi connectivity index (χ2n) is 4.46. The smallest absolute Gasteiger partial charge is 0.131 e. The molecule has 0 bridgehead atoms. The molecular formula is C12H24N4S. The van der Waals surface area contributed by atoms with Gasteiger partial charge in [-0.1, -0.05) is 0 Å². The summed E-state index contributed by atoms with van der Waals surface area (Å²) in [6.45, 7) is 5.19. The second kappa shape index (κ2) is 6.31. The summed E-state index contributed by atoms with van der Waals surface area (Å²) in [6.07, 6.45) is 2.15. The summed E-state index contributed by atoms with van der Waals surface area (Å²) < 4.78 is 1.98. The monoisotopic (exact) mass is 256 g/mol. The van der Waals surface area contributed by atoms with Gasteiger partial charge in [-0.25, -0.2) is 0 Å². The van der Waals surface area contributed by atoms with E-state index in [4.69, 9.17) is 0 Å². The molecule has 1 aromatic rings. The molecule has 0 saturated heterocycles. The molecule has 0 saturated carbocycles. The summed E-state index contributed by atoms with van der Waals surface area (Å²) >= 11 is 1.88. The SMILES string of the molecule is CNCc1c(C)nn(C)c1N(C)C(C)CSC. The first-order valence-electron chi connectivity index (χ1n) is 5.91. The van der Waals surface area contributed by atoms with Crippen molar-refractivity contribution < 1.29 is 0 Å². The van der Waals surface area contributed by atoms with Crippen LogP contribution in [0, 0.1) is 6.92 Å². The van der Waals surface area contributed by atoms with E-state index in [1.165, 1.54) is 11.4 Å². The molecule has 0 amide bonds. The van der Waals surface area contributed by atoms with Gasteiger partial charge in [-0.2, -0.15) is 16.9 Å². The fourth-order valence-electron chi connectivity index (χ4n) is 2.08. The first kappa shape index (κ1) is 14.4. The maximum absolute atomic E-state index is 4.52. The van der Waals surface area contributed by atoms with E-state index in [9.17, 15) is 0 Å². The van der Waals surface area contributed by atoms with Gasteiger partial charge >= 0.3 is 0 Å². The quantitative estimate of drug-likeness (QED) is 0.839. The summed E-state index contributed by atoms with van der Waals surface area (Å²) in [5, 5.41) is 7.74. The maximum Gasteiger partial charge on any atom is 0.131 e. The van der Waals surface area contributed by atoms with Crippen molar-refractivity contribution in [3.63, 3.8) is 0 Å². The number of anilines is 1. The highest BCUT2D eigenvalue weighted by Crippen LogP contribution is 2.24. The Morgan fingerprint density at radius 1 is 1.53 bits per heavy atom. The molecule has 1 rings (SSSR count). The van der Waals surface area contributed by atoms with Gasteiger partial charge < -0.3 is 10.2 Å². The molecule has 0 aromatic carbocycles. The van der Waals surface area contributed by atoms with Crippen LogP contribution in [0.15, 0.2) is 0 Å². The van der Waals surface area contributed by atoms with Gasteiger partial charge in [-0.3, -0.25) is 4.68 Å². The third kappa shape index (κ3) is 3.16. The average Bonchev–Trinajstić information content (AvgIpc) is 2.54. The number of aryl methyl sites for hydroxylation is 2. The minimum atomic E-state index is 0.510. The van der Waals surface area contributed by atoms with Gasteiger partial charge in [0.25, 0.3) is 0 Å². The van der Waals surface area contributed by atoms with Crippen molar-refractivity contribution in [2.45, 2.75) is 26.4 Å². The van der Waals surface area contributed by atoms with Crippen LogP contribution < -0.4 is 10.2 Å². The van der Waals surface area contributed by atoms with Crippen LogP contribution >= 0.6 is 11.8 Å². The highest BCUT2D eigenvalue weighted by atomic mass is 32.2. The lowest BCUT2D eigenvalue weighted by Crippen LogP contribution is -2.33. The van der Waals surface area contributed by atoms with Gasteiger partial charge in [-0.05, 0) is 27.2 Å². The summed E-state index contributed by atoms with van der Waals surface area (Å²) in [5.41, 5.74) is 2.41. The van der Waals surface area contributed by atoms with E-state index in [0.29, 0.717) is 6.04 Å². The Kier molecular flexibility index (Phi) is 5.33. The van der Waals surface area contributed by atoms with E-state index >= 15 is 0 Å². The van der Waals surface area contributed by atoms with E-state index in [-0.39, 0.29) is 0 Å². The maximum atomic E-state index is 4.52. The van der Waals surface area contributed by atoms with E-state index in [1.54, 1.807) is 0 Å². The largest absolute Gasteiger partial charge is 0.356 e. The van der Waals surface area contributed by atoms with Crippen molar-refractivity contribution in [3.05, 3.63) is 11.3 Å². The van der Waals surface area contributed by atoms with Crippen LogP contribution in [-0.4, -0.2) is 41.9 Å². The zero-order valence-corrected chi connectivity index (χ0v) is 12.6. The van der Waals surface area contributed by atoms with Crippen molar-refractivity contribution in [1.29, 1.82) is 0 Å². The highest BCUT2D eigenvalue weighted by Gasteiger charge is 2.19. The van der Waals surface area contributed by atoms with Crippen LogP contribution in [-0.2, 0) is 13.6 Å². The van der Waals surface area contributed by atoms with E-state index < -0.39 is 0 Å². The van der Waals surface area contributed by atoms with Gasteiger partial charge in [-0.15, -0.1) is 0 Å². The minimum absolute atomic E-state index is 0.510. The first-order valence-corrected chi connectivity index (χ1v) is 7.31. The molecule has 1 atom stereocenters. The lowest BCUT2D eigenvalue weighted by molar-refractivity contribution is 0.681. The summed E-state index contributed by atoms with van der Waals surface area (Å²) in [5.74, 6) is 2.35. The highest BCUT2D eigenvalue weighted by molar-refractivity contribution is 7.98. The molecule has 0 aliphatic heterocycles. The lowest BCUT2D eigenvalue weighted by atomic mass is 10.2. The summed E-state index contributed by atoms with van der Waals surface area (Å²) in [4.78, 5) is 2.32. The zero-order valence-electron chi connectivity index (χ0n) is 11.7. The van der Waals surface area contributed by atoms with Gasteiger partial charge in [0.05, 0.1) is 5.69 Å². The molecule has 17 heavy (non-hydrogen) atoms. The van der Waals surface area contributed by atoms with Crippen LogP contribution in [0.2, 0.25) is 0 Å². The number of aromatic nitrogens is 2. The molecular weight excluding hydrogens is 232 g/mol. The minimum Gasteiger partial charge on any atom is -0.356 e. The third-order valence-corrected chi connectivity index (χ3v) is 3.89. The predicted octanol–water partition coefficient (Wildman–Crippen LogP) is 1.64. The van der Waals surface area contributed by atoms with Gasteiger partial charge in [0, 0.05) is 38.0 Å². The Morgan fingerprint density at radius 3 is 2.71 bits per heavy atom. The predicted molar refractivity (Wildman–Crippen MR) is 77.0 cm³/mol. The first-order chi connectivity index (χ1) is 8.02. The van der Waals surface area contributed by atoms with E-state index in [0.717, 1.165) is 18.0 Å². The Balaban J connectivity index is 3.02. The van der Waals surface area contributed by atoms with Gasteiger partial charge in [0.15, 0.2) is 0 Å². The number of hydrogen-bond donors (Lipinski definition) is 1. The van der Waals surface area contributed by atoms with Crippen molar-refractivity contribution >= 4 is 17.6 Å². The lowest BCUT2D eigenvalue weighted by Gasteiger charge is -2.27. The second-order valence-corrected chi connectivity index (χ2v) is 5.37. The van der Waals surface area contributed by atoms with Gasteiger partial charge in [0.2, 0.25) is 0 Å². The fraction of sp³-hybridized carbons (Fsp3) is 0.750. The molecule has 0 spiro atoms. The Hall–Kier alpha value is -0.680. The Labute approximate surface area is 109 Å². The van der Waals surface area contributed by atoms with Crippen molar-refractivity contribution in [1.82, 2.24) is 15.1 Å². The number of hydrogen-bond acceptors (Lipinski definition) is 4. The molecule has 98 valence electrons. The Bertz CT molecular complexity index is 362. The van der Waals surface area contributed by atoms with Crippen molar-refractivity contribution in [3.8, 4) is 0 Å². The number of thioether (sulfide) groups is 1. The van der Waals surface area contributed by atoms with Crippen LogP contribution in [0.1, 0.15) is 18.2 Å². The van der Waals surface area contributed by atoms with Crippen molar-refractivity contribution in [2.24, 2.45) is 7.05 Å². The summed E-state index contributed by atoms with van der Waals surface area (Å²) in [6, 6.07) is 0.510. The fourth-order valence-corrected chi connectivity index (χ4v) is 2.78. The molecule has 1 heterocycles. The van der Waals surface area contributed by atoms with E-state index in [1.807, 2.05) is 30.5 Å². The molecule has 5 heteroatoms. The molecule has 1 aromatic heterocycles. The molecule has 1 N–H and O–H groups in total. The van der Waals surface area contributed by atoms with Crippen molar-refractivity contribution in [2.75, 3.05) is 31.0 Å². The van der Waals surface area contributed by atoms with E-state index in [2.05, 4.69) is 42.5 Å². The molecule has 1 unspecified atom stereocenters. The average molecular weight is 256 g/mol. The number of nitrogens with one attached hydrogen (secondary N) is 1. The standard InChI is InChI=1S/C12H24N4S/c1-9(8-17-6)15(4)12-11(7-13-3)10(2)14-16(12)5/h9,13H,7-8H2,1-6H3. The molecule has 0 aliphatic carbocycles. The number of rotatable bonds is 6. The molecule has 0 radical (unpaired) electrons. The van der Waals surface area contributed by atoms with Crippen LogP contribution in [0.3, 0.4) is 0 Å². The van der Waals surface area contributed by atoms with Gasteiger partial charge in [0.1, 0.15) is 5.82 Å². The normalized spacial score (nSPS) is 12.8. The zero-order chi connectivity index (χ0) is 13.0. The molecule has 0 aliphatic rings. The summed E-state index contributed by atoms with van der Waals surface area (Å²) in [7, 11) is 6.14. The van der Waals surface area contributed by atoms with Crippen LogP contribution in [0.25, 0.3) is 0 Å². The van der Waals surface area contributed by atoms with Crippen LogP contribution in [0.4, 0.5) is 5.82 Å². The topological polar surface area (TPSA) is 33.1 Å².